The summed E-state index contributed by atoms with van der Waals surface area (Å²) >= 11 is 3.15. The Morgan fingerprint density at radius 3 is 2.75 bits per heavy atom. The molecule has 0 radical (unpaired) electrons. The third kappa shape index (κ3) is 3.57. The molecule has 0 aliphatic carbocycles. The largest absolute Gasteiger partial charge is 0.444 e. The Morgan fingerprint density at radius 1 is 1.40 bits per heavy atom. The zero-order chi connectivity index (χ0) is 14.7. The SMILES string of the molecule is Cc1cc(N(C)C)nc(CNC(=O)c2ccc(Br)o2)n1. The minimum absolute atomic E-state index is 0.248. The fourth-order valence-corrected chi connectivity index (χ4v) is 1.91. The molecule has 0 saturated carbocycles. The van der Waals surface area contributed by atoms with Crippen molar-refractivity contribution in [3.05, 3.63) is 40.1 Å². The minimum atomic E-state index is -0.299. The van der Waals surface area contributed by atoms with Crippen molar-refractivity contribution >= 4 is 27.7 Å². The summed E-state index contributed by atoms with van der Waals surface area (Å²) in [7, 11) is 3.81. The Labute approximate surface area is 125 Å². The molecule has 0 saturated heterocycles. The van der Waals surface area contributed by atoms with E-state index in [4.69, 9.17) is 4.42 Å². The Kier molecular flexibility index (Phi) is 4.39. The number of amides is 1. The van der Waals surface area contributed by atoms with Crippen molar-refractivity contribution in [1.82, 2.24) is 15.3 Å². The Hall–Kier alpha value is -1.89. The molecule has 106 valence electrons. The smallest absolute Gasteiger partial charge is 0.287 e. The predicted molar refractivity (Wildman–Crippen MR) is 78.7 cm³/mol. The molecule has 0 bridgehead atoms. The normalized spacial score (nSPS) is 10.4. The van der Waals surface area contributed by atoms with Crippen LogP contribution in [0.3, 0.4) is 0 Å². The average Bonchev–Trinajstić information content (AvgIpc) is 2.82. The van der Waals surface area contributed by atoms with Gasteiger partial charge in [0.2, 0.25) is 0 Å². The van der Waals surface area contributed by atoms with Gasteiger partial charge < -0.3 is 14.6 Å². The van der Waals surface area contributed by atoms with Crippen molar-refractivity contribution in [2.45, 2.75) is 13.5 Å². The fourth-order valence-electron chi connectivity index (χ4n) is 1.60. The van der Waals surface area contributed by atoms with Crippen LogP contribution in [0.25, 0.3) is 0 Å². The van der Waals surface area contributed by atoms with Crippen molar-refractivity contribution in [3.63, 3.8) is 0 Å². The molecule has 1 amide bonds. The van der Waals surface area contributed by atoms with Crippen molar-refractivity contribution in [3.8, 4) is 0 Å². The first-order valence-electron chi connectivity index (χ1n) is 6.01. The number of carbonyl (C=O) groups is 1. The highest BCUT2D eigenvalue weighted by molar-refractivity contribution is 9.10. The molecule has 0 aromatic carbocycles. The zero-order valence-electron chi connectivity index (χ0n) is 11.5. The lowest BCUT2D eigenvalue weighted by Crippen LogP contribution is -2.24. The molecule has 2 aromatic rings. The molecule has 1 N–H and O–H groups in total. The number of anilines is 1. The molecule has 0 aliphatic heterocycles. The second kappa shape index (κ2) is 6.04. The summed E-state index contributed by atoms with van der Waals surface area (Å²) in [6, 6.07) is 5.15. The zero-order valence-corrected chi connectivity index (χ0v) is 13.1. The summed E-state index contributed by atoms with van der Waals surface area (Å²) in [5, 5.41) is 2.72. The van der Waals surface area contributed by atoms with Gasteiger partial charge in [-0.15, -0.1) is 0 Å². The van der Waals surface area contributed by atoms with Crippen LogP contribution in [0.5, 0.6) is 0 Å². The van der Waals surface area contributed by atoms with Crippen LogP contribution >= 0.6 is 15.9 Å². The van der Waals surface area contributed by atoms with Crippen molar-refractivity contribution in [2.24, 2.45) is 0 Å². The van der Waals surface area contributed by atoms with Gasteiger partial charge in [0.05, 0.1) is 6.54 Å². The Morgan fingerprint density at radius 2 is 2.15 bits per heavy atom. The second-order valence-corrected chi connectivity index (χ2v) is 5.25. The molecule has 7 heteroatoms. The van der Waals surface area contributed by atoms with E-state index in [0.717, 1.165) is 11.5 Å². The fraction of sp³-hybridized carbons (Fsp3) is 0.308. The molecule has 2 rings (SSSR count). The second-order valence-electron chi connectivity index (χ2n) is 4.46. The van der Waals surface area contributed by atoms with Crippen LogP contribution in [-0.4, -0.2) is 30.0 Å². The Bertz CT molecular complexity index is 625. The van der Waals surface area contributed by atoms with Crippen molar-refractivity contribution in [2.75, 3.05) is 19.0 Å². The molecule has 0 unspecified atom stereocenters. The standard InChI is InChI=1S/C13H15BrN4O2/c1-8-6-12(18(2)3)17-11(16-8)7-15-13(19)9-4-5-10(14)20-9/h4-6H,7H2,1-3H3,(H,15,19). The van der Waals surface area contributed by atoms with Gasteiger partial charge in [-0.25, -0.2) is 9.97 Å². The Balaban J connectivity index is 2.05. The lowest BCUT2D eigenvalue weighted by atomic mass is 10.4. The highest BCUT2D eigenvalue weighted by Gasteiger charge is 2.11. The van der Waals surface area contributed by atoms with Gasteiger partial charge in [0, 0.05) is 25.9 Å². The van der Waals surface area contributed by atoms with Crippen molar-refractivity contribution in [1.29, 1.82) is 0 Å². The lowest BCUT2D eigenvalue weighted by molar-refractivity contribution is 0.0921. The maximum atomic E-state index is 11.8. The van der Waals surface area contributed by atoms with E-state index in [1.54, 1.807) is 12.1 Å². The minimum Gasteiger partial charge on any atom is -0.444 e. The van der Waals surface area contributed by atoms with Crippen LogP contribution in [0.15, 0.2) is 27.3 Å². The van der Waals surface area contributed by atoms with E-state index in [9.17, 15) is 4.79 Å². The number of aryl methyl sites for hydroxylation is 1. The summed E-state index contributed by atoms with van der Waals surface area (Å²) in [6.45, 7) is 2.14. The molecule has 0 fully saturated rings. The maximum Gasteiger partial charge on any atom is 0.287 e. The third-order valence-electron chi connectivity index (χ3n) is 2.55. The molecule has 0 spiro atoms. The highest BCUT2D eigenvalue weighted by Crippen LogP contribution is 2.14. The summed E-state index contributed by atoms with van der Waals surface area (Å²) in [4.78, 5) is 22.4. The van der Waals surface area contributed by atoms with E-state index in [1.807, 2.05) is 32.0 Å². The van der Waals surface area contributed by atoms with Crippen LogP contribution in [0, 0.1) is 6.92 Å². The highest BCUT2D eigenvalue weighted by atomic mass is 79.9. The van der Waals surface area contributed by atoms with Gasteiger partial charge in [0.1, 0.15) is 11.6 Å². The van der Waals surface area contributed by atoms with E-state index in [0.29, 0.717) is 10.5 Å². The van der Waals surface area contributed by atoms with Gasteiger partial charge in [0.25, 0.3) is 5.91 Å². The summed E-state index contributed by atoms with van der Waals surface area (Å²) in [5.41, 5.74) is 0.855. The molecular formula is C13H15BrN4O2. The van der Waals surface area contributed by atoms with E-state index in [-0.39, 0.29) is 18.2 Å². The van der Waals surface area contributed by atoms with E-state index in [2.05, 4.69) is 31.2 Å². The van der Waals surface area contributed by atoms with Crippen LogP contribution in [0.1, 0.15) is 22.1 Å². The molecular weight excluding hydrogens is 324 g/mol. The number of furan rings is 1. The summed E-state index contributed by atoms with van der Waals surface area (Å²) in [5.74, 6) is 1.32. The van der Waals surface area contributed by atoms with Gasteiger partial charge >= 0.3 is 0 Å². The quantitative estimate of drug-likeness (QED) is 0.924. The molecule has 20 heavy (non-hydrogen) atoms. The van der Waals surface area contributed by atoms with E-state index in [1.165, 1.54) is 0 Å². The van der Waals surface area contributed by atoms with Crippen molar-refractivity contribution < 1.29 is 9.21 Å². The first kappa shape index (κ1) is 14.5. The number of carbonyl (C=O) groups excluding carboxylic acids is 1. The molecule has 0 aliphatic rings. The number of aromatic nitrogens is 2. The number of hydrogen-bond acceptors (Lipinski definition) is 5. The van der Waals surface area contributed by atoms with Crippen LogP contribution < -0.4 is 10.2 Å². The molecule has 0 atom stereocenters. The van der Waals surface area contributed by atoms with E-state index >= 15 is 0 Å². The van der Waals surface area contributed by atoms with Gasteiger partial charge in [-0.3, -0.25) is 4.79 Å². The van der Waals surface area contributed by atoms with Crippen LogP contribution in [0.2, 0.25) is 0 Å². The van der Waals surface area contributed by atoms with E-state index < -0.39 is 0 Å². The average molecular weight is 339 g/mol. The van der Waals surface area contributed by atoms with Crippen LogP contribution in [0.4, 0.5) is 5.82 Å². The number of hydrogen-bond donors (Lipinski definition) is 1. The lowest BCUT2D eigenvalue weighted by Gasteiger charge is -2.13. The summed E-state index contributed by atoms with van der Waals surface area (Å²) in [6.07, 6.45) is 0. The summed E-state index contributed by atoms with van der Waals surface area (Å²) < 4.78 is 5.69. The number of halogens is 1. The molecule has 2 aromatic heterocycles. The molecule has 6 nitrogen and oxygen atoms in total. The number of rotatable bonds is 4. The van der Waals surface area contributed by atoms with Crippen LogP contribution in [-0.2, 0) is 6.54 Å². The number of nitrogens with zero attached hydrogens (tertiary/aromatic N) is 3. The van der Waals surface area contributed by atoms with Gasteiger partial charge in [0.15, 0.2) is 10.4 Å². The predicted octanol–water partition coefficient (Wildman–Crippen LogP) is 2.14. The van der Waals surface area contributed by atoms with Gasteiger partial charge in [-0.05, 0) is 35.0 Å². The molecule has 2 heterocycles. The monoisotopic (exact) mass is 338 g/mol. The third-order valence-corrected chi connectivity index (χ3v) is 2.98. The van der Waals surface area contributed by atoms with Gasteiger partial charge in [-0.1, -0.05) is 0 Å². The maximum absolute atomic E-state index is 11.8. The van der Waals surface area contributed by atoms with Gasteiger partial charge in [-0.2, -0.15) is 0 Å². The number of nitrogens with one attached hydrogen (secondary N) is 1. The first-order chi connectivity index (χ1) is 9.45. The topological polar surface area (TPSA) is 71.3 Å². The first-order valence-corrected chi connectivity index (χ1v) is 6.80.